The summed E-state index contributed by atoms with van der Waals surface area (Å²) in [5.41, 5.74) is 0.192. The number of aliphatic hydroxyl groups excluding tert-OH is 1. The Morgan fingerprint density at radius 2 is 1.97 bits per heavy atom. The first-order valence-electron chi connectivity index (χ1n) is 9.97. The van der Waals surface area contributed by atoms with Crippen molar-refractivity contribution in [3.8, 4) is 0 Å². The highest BCUT2D eigenvalue weighted by Crippen LogP contribution is 2.30. The molecule has 9 nitrogen and oxygen atoms in total. The summed E-state index contributed by atoms with van der Waals surface area (Å²) in [7, 11) is 0. The predicted octanol–water partition coefficient (Wildman–Crippen LogP) is 2.98. The molecule has 2 aromatic carbocycles. The molecule has 184 valence electrons. The molecule has 0 spiro atoms. The number of hydroxylamine groups is 1. The number of benzene rings is 2. The summed E-state index contributed by atoms with van der Waals surface area (Å²) in [5.74, 6) is -5.10. The van der Waals surface area contributed by atoms with Gasteiger partial charge >= 0.3 is 0 Å². The van der Waals surface area contributed by atoms with Crippen molar-refractivity contribution >= 4 is 52.0 Å². The lowest BCUT2D eigenvalue weighted by atomic mass is 10.1. The van der Waals surface area contributed by atoms with Gasteiger partial charge in [-0.05, 0) is 53.3 Å². The van der Waals surface area contributed by atoms with Crippen molar-refractivity contribution in [2.24, 2.45) is 5.16 Å². The molecule has 34 heavy (non-hydrogen) atoms. The predicted molar refractivity (Wildman–Crippen MR) is 126 cm³/mol. The van der Waals surface area contributed by atoms with E-state index in [1.165, 1.54) is 12.1 Å². The van der Waals surface area contributed by atoms with Crippen LogP contribution in [0.5, 0.6) is 0 Å². The normalized spacial score (nSPS) is 10.9. The number of anilines is 2. The quantitative estimate of drug-likeness (QED) is 0.130. The van der Waals surface area contributed by atoms with Gasteiger partial charge < -0.3 is 20.6 Å². The van der Waals surface area contributed by atoms with Gasteiger partial charge in [0, 0.05) is 15.7 Å². The van der Waals surface area contributed by atoms with E-state index in [0.717, 1.165) is 24.8 Å². The van der Waals surface area contributed by atoms with Crippen LogP contribution in [0.15, 0.2) is 29.4 Å². The number of hydrogen-bond donors (Lipinski definition) is 4. The average molecular weight is 594 g/mol. The third-order valence-electron chi connectivity index (χ3n) is 4.06. The van der Waals surface area contributed by atoms with Gasteiger partial charge in [-0.3, -0.25) is 14.4 Å². The van der Waals surface area contributed by atoms with Crippen molar-refractivity contribution in [2.75, 3.05) is 31.7 Å². The summed E-state index contributed by atoms with van der Waals surface area (Å²) < 4.78 is 44.5. The molecule has 0 saturated heterocycles. The molecule has 0 radical (unpaired) electrons. The number of oxime groups is 1. The Hall–Kier alpha value is -2.91. The van der Waals surface area contributed by atoms with Crippen molar-refractivity contribution < 1.29 is 37.5 Å². The molecule has 2 aromatic rings. The second kappa shape index (κ2) is 13.7. The van der Waals surface area contributed by atoms with E-state index in [0.29, 0.717) is 10.1 Å². The maximum Gasteiger partial charge on any atom is 0.277 e. The van der Waals surface area contributed by atoms with E-state index < -0.39 is 59.3 Å². The summed E-state index contributed by atoms with van der Waals surface area (Å²) in [4.78, 5) is 33.5. The molecule has 0 atom stereocenters. The van der Waals surface area contributed by atoms with Crippen molar-refractivity contribution in [3.63, 3.8) is 0 Å². The minimum absolute atomic E-state index is 0.202. The number of carbonyl (C=O) groups excluding carboxylic acids is 2. The Morgan fingerprint density at radius 1 is 1.21 bits per heavy atom. The summed E-state index contributed by atoms with van der Waals surface area (Å²) in [6.45, 7) is 1.20. The fourth-order valence-corrected chi connectivity index (χ4v) is 2.94. The second-order valence-corrected chi connectivity index (χ2v) is 7.87. The highest BCUT2D eigenvalue weighted by molar-refractivity contribution is 14.1. The zero-order chi connectivity index (χ0) is 25.1. The van der Waals surface area contributed by atoms with Crippen LogP contribution in [0.25, 0.3) is 0 Å². The molecule has 13 heteroatoms. The number of rotatable bonds is 12. The van der Waals surface area contributed by atoms with Crippen LogP contribution in [0, 0.1) is 21.0 Å². The minimum atomic E-state index is -1.49. The molecule has 4 N–H and O–H groups in total. The van der Waals surface area contributed by atoms with Gasteiger partial charge in [-0.25, -0.2) is 18.7 Å². The number of halogens is 4. The molecular formula is C21H22F3IN4O5. The first kappa shape index (κ1) is 27.3. The Balaban J connectivity index is 2.35. The fourth-order valence-electron chi connectivity index (χ4n) is 2.49. The van der Waals surface area contributed by atoms with Gasteiger partial charge in [0.05, 0.1) is 36.4 Å². The summed E-state index contributed by atoms with van der Waals surface area (Å²) in [6, 6.07) is 4.92. The van der Waals surface area contributed by atoms with E-state index >= 15 is 0 Å². The number of nitrogens with one attached hydrogen (secondary N) is 3. The van der Waals surface area contributed by atoms with Gasteiger partial charge in [0.2, 0.25) is 0 Å². The first-order chi connectivity index (χ1) is 16.3. The molecular weight excluding hydrogens is 572 g/mol. The van der Waals surface area contributed by atoms with E-state index in [-0.39, 0.29) is 12.3 Å². The Morgan fingerprint density at radius 3 is 2.65 bits per heavy atom. The lowest BCUT2D eigenvalue weighted by Gasteiger charge is -2.15. The van der Waals surface area contributed by atoms with Gasteiger partial charge in [-0.15, -0.1) is 0 Å². The molecule has 0 bridgehead atoms. The van der Waals surface area contributed by atoms with E-state index in [1.54, 1.807) is 0 Å². The van der Waals surface area contributed by atoms with Crippen LogP contribution in [-0.2, 0) is 14.5 Å². The smallest absolute Gasteiger partial charge is 0.277 e. The third-order valence-corrected chi connectivity index (χ3v) is 4.73. The van der Waals surface area contributed by atoms with Gasteiger partial charge in [-0.1, -0.05) is 12.1 Å². The van der Waals surface area contributed by atoms with Crippen LogP contribution < -0.4 is 16.1 Å². The number of hydrogen-bond acceptors (Lipinski definition) is 7. The van der Waals surface area contributed by atoms with Crippen LogP contribution >= 0.6 is 22.6 Å². The van der Waals surface area contributed by atoms with E-state index in [9.17, 15) is 22.8 Å². The first-order valence-corrected chi connectivity index (χ1v) is 11.0. The van der Waals surface area contributed by atoms with Gasteiger partial charge in [-0.2, -0.15) is 0 Å². The van der Waals surface area contributed by atoms with Gasteiger partial charge in [0.25, 0.3) is 11.8 Å². The average Bonchev–Trinajstić information content (AvgIpc) is 2.81. The molecule has 0 aliphatic rings. The zero-order valence-corrected chi connectivity index (χ0v) is 20.1. The fraction of sp³-hybridized carbons (Fsp3) is 0.286. The van der Waals surface area contributed by atoms with Crippen LogP contribution in [0.4, 0.5) is 24.5 Å². The topological polar surface area (TPSA) is 121 Å². The maximum absolute atomic E-state index is 15.0. The molecule has 0 fully saturated rings. The highest BCUT2D eigenvalue weighted by Gasteiger charge is 2.23. The summed E-state index contributed by atoms with van der Waals surface area (Å²) >= 11 is 1.88. The highest BCUT2D eigenvalue weighted by atomic mass is 127. The molecule has 2 amide bonds. The lowest BCUT2D eigenvalue weighted by Crippen LogP contribution is -2.27. The summed E-state index contributed by atoms with van der Waals surface area (Å²) in [5, 5.41) is 17.2. The molecule has 0 aliphatic carbocycles. The van der Waals surface area contributed by atoms with Crippen LogP contribution in [0.3, 0.4) is 0 Å². The minimum Gasteiger partial charge on any atom is -0.394 e. The summed E-state index contributed by atoms with van der Waals surface area (Å²) in [6.07, 6.45) is 1.50. The molecule has 0 heterocycles. The van der Waals surface area contributed by atoms with Crippen LogP contribution in [0.1, 0.15) is 29.3 Å². The number of carbonyl (C=O) groups is 2. The SMILES string of the molecule is CCCNC(=O)CO/N=C/c1cc(C(=O)NOCCO)c(Nc2ccc(I)cc2F)c(F)c1F. The van der Waals surface area contributed by atoms with Crippen molar-refractivity contribution in [3.05, 3.63) is 56.4 Å². The largest absolute Gasteiger partial charge is 0.394 e. The number of nitrogens with zero attached hydrogens (tertiary/aromatic N) is 1. The Kier molecular flexibility index (Phi) is 11.0. The molecule has 0 saturated carbocycles. The van der Waals surface area contributed by atoms with E-state index in [4.69, 9.17) is 14.8 Å². The lowest BCUT2D eigenvalue weighted by molar-refractivity contribution is -0.125. The van der Waals surface area contributed by atoms with Crippen LogP contribution in [-0.4, -0.2) is 49.5 Å². The van der Waals surface area contributed by atoms with Crippen molar-refractivity contribution in [2.45, 2.75) is 13.3 Å². The molecule has 0 unspecified atom stereocenters. The van der Waals surface area contributed by atoms with Gasteiger partial charge in [0.1, 0.15) is 5.82 Å². The Labute approximate surface area is 206 Å². The Bertz CT molecular complexity index is 1060. The van der Waals surface area contributed by atoms with E-state index in [1.807, 2.05) is 35.0 Å². The van der Waals surface area contributed by atoms with E-state index in [2.05, 4.69) is 15.8 Å². The van der Waals surface area contributed by atoms with Crippen molar-refractivity contribution in [1.29, 1.82) is 0 Å². The second-order valence-electron chi connectivity index (χ2n) is 6.63. The molecule has 0 aromatic heterocycles. The monoisotopic (exact) mass is 594 g/mol. The maximum atomic E-state index is 15.0. The van der Waals surface area contributed by atoms with Crippen LogP contribution in [0.2, 0.25) is 0 Å². The molecule has 2 rings (SSSR count). The molecule has 0 aliphatic heterocycles. The third kappa shape index (κ3) is 7.85. The number of amides is 2. The number of aliphatic hydroxyl groups is 1. The van der Waals surface area contributed by atoms with Gasteiger partial charge in [0.15, 0.2) is 18.2 Å². The van der Waals surface area contributed by atoms with Crippen molar-refractivity contribution in [1.82, 2.24) is 10.8 Å². The zero-order valence-electron chi connectivity index (χ0n) is 18.0. The standard InChI is InChI=1S/C21H22F3IN4O5/c1-2-5-26-17(31)11-34-27-10-12-8-14(21(32)29-33-7-6-30)20(19(24)18(12)23)28-16-4-3-13(25)9-15(16)22/h3-4,8-10,28,30H,2,5-7,11H2,1H3,(H,26,31)(H,29,32)/b27-10+.